The number of piperidine rings is 1. The van der Waals surface area contributed by atoms with Crippen LogP contribution in [0.2, 0.25) is 15.1 Å². The number of aromatic nitrogens is 3. The number of rotatable bonds is 9. The van der Waals surface area contributed by atoms with Crippen LogP contribution in [0.1, 0.15) is 62.6 Å². The summed E-state index contributed by atoms with van der Waals surface area (Å²) in [6.45, 7) is 9.20. The number of anilines is 2. The molecule has 1 aliphatic rings. The van der Waals surface area contributed by atoms with Crippen molar-refractivity contribution < 1.29 is 14.3 Å². The predicted molar refractivity (Wildman–Crippen MR) is 224 cm³/mol. The molecule has 55 heavy (non-hydrogen) atoms. The molecule has 0 bridgehead atoms. The number of nitrogens with one attached hydrogen (secondary N) is 3. The van der Waals surface area contributed by atoms with Gasteiger partial charge in [0, 0.05) is 67.7 Å². The molecule has 9 nitrogen and oxygen atoms in total. The van der Waals surface area contributed by atoms with E-state index in [1.807, 2.05) is 111 Å². The van der Waals surface area contributed by atoms with E-state index in [1.54, 1.807) is 19.5 Å². The molecule has 0 aliphatic carbocycles. The summed E-state index contributed by atoms with van der Waals surface area (Å²) in [5.74, 6) is 0.294. The molecule has 1 fully saturated rings. The topological polar surface area (TPSA) is 104 Å². The lowest BCUT2D eigenvalue weighted by molar-refractivity contribution is -0.129. The third kappa shape index (κ3) is 7.92. The van der Waals surface area contributed by atoms with Gasteiger partial charge in [0.15, 0.2) is 0 Å². The number of hydrogen-bond donors (Lipinski definition) is 3. The Hall–Kier alpha value is -4.96. The van der Waals surface area contributed by atoms with Gasteiger partial charge in [-0.05, 0) is 61.7 Å². The average Bonchev–Trinajstić information content (AvgIpc) is 3.76. The van der Waals surface area contributed by atoms with Gasteiger partial charge in [0.25, 0.3) is 5.91 Å². The third-order valence-corrected chi connectivity index (χ3v) is 11.0. The van der Waals surface area contributed by atoms with Crippen molar-refractivity contribution in [3.05, 3.63) is 118 Å². The van der Waals surface area contributed by atoms with E-state index in [-0.39, 0.29) is 23.9 Å². The SMILES string of the molecule is COc1ccc(N2CCC(NC(=O)C(C)(C)C)CC2)c(NC(=O)c2[nH]c3cc(Cl)ccc3c2-c2c(-c3ccccc3)ncn2[C@@H](C)c2ccc(Cl)cc2Cl)c1. The van der Waals surface area contributed by atoms with Crippen LogP contribution in [0.3, 0.4) is 0 Å². The second-order valence-electron chi connectivity index (χ2n) is 14.9. The molecule has 2 aromatic heterocycles. The Bertz CT molecular complexity index is 2370. The normalized spacial score (nSPS) is 14.2. The van der Waals surface area contributed by atoms with E-state index in [9.17, 15) is 9.59 Å². The van der Waals surface area contributed by atoms with Crippen LogP contribution in [0, 0.1) is 5.41 Å². The molecule has 0 radical (unpaired) electrons. The number of benzene rings is 4. The second kappa shape index (κ2) is 15.6. The third-order valence-electron chi connectivity index (χ3n) is 10.2. The van der Waals surface area contributed by atoms with Gasteiger partial charge in [0.2, 0.25) is 5.91 Å². The summed E-state index contributed by atoms with van der Waals surface area (Å²) in [6.07, 6.45) is 3.34. The standard InChI is InChI=1S/C43H43Cl3N6O3/c1-25(31-14-11-27(44)21-33(31)46)52-24-47-38(26-9-7-6-8-10-26)40(52)37-32-15-12-28(45)22-34(32)49-39(37)41(53)50-35-23-30(55-5)13-16-36(35)51-19-17-29(18-20-51)48-42(54)43(2,3)4/h6-16,21-25,29,49H,17-20H2,1-5H3,(H,48,54)(H,50,53)/t25-/m0/s1. The van der Waals surface area contributed by atoms with Crippen molar-refractivity contribution >= 4 is 68.9 Å². The lowest BCUT2D eigenvalue weighted by Crippen LogP contribution is -2.47. The summed E-state index contributed by atoms with van der Waals surface area (Å²) in [5, 5.41) is 8.84. The van der Waals surface area contributed by atoms with Gasteiger partial charge in [-0.15, -0.1) is 0 Å². The number of amides is 2. The number of methoxy groups -OCH3 is 1. The van der Waals surface area contributed by atoms with Gasteiger partial charge in [-0.25, -0.2) is 4.98 Å². The molecule has 3 N–H and O–H groups in total. The highest BCUT2D eigenvalue weighted by atomic mass is 35.5. The molecular formula is C43H43Cl3N6O3. The first-order valence-electron chi connectivity index (χ1n) is 18.3. The molecule has 6 aromatic rings. The molecular weight excluding hydrogens is 755 g/mol. The first-order valence-corrected chi connectivity index (χ1v) is 19.4. The zero-order valence-corrected chi connectivity index (χ0v) is 33.6. The number of carbonyl (C=O) groups is 2. The van der Waals surface area contributed by atoms with E-state index < -0.39 is 5.41 Å². The van der Waals surface area contributed by atoms with E-state index >= 15 is 0 Å². The minimum atomic E-state index is -0.460. The first-order chi connectivity index (χ1) is 26.3. The van der Waals surface area contributed by atoms with E-state index in [4.69, 9.17) is 44.5 Å². The number of halogens is 3. The molecule has 4 aromatic carbocycles. The Morgan fingerprint density at radius 1 is 0.927 bits per heavy atom. The lowest BCUT2D eigenvalue weighted by atomic mass is 9.94. The van der Waals surface area contributed by atoms with Gasteiger partial charge in [-0.3, -0.25) is 9.59 Å². The molecule has 7 rings (SSSR count). The monoisotopic (exact) mass is 796 g/mol. The van der Waals surface area contributed by atoms with E-state index in [0.29, 0.717) is 62.1 Å². The summed E-state index contributed by atoms with van der Waals surface area (Å²) in [5.41, 5.74) is 5.86. The van der Waals surface area contributed by atoms with Gasteiger partial charge in [-0.2, -0.15) is 0 Å². The zero-order chi connectivity index (χ0) is 39.0. The lowest BCUT2D eigenvalue weighted by Gasteiger charge is -2.36. The predicted octanol–water partition coefficient (Wildman–Crippen LogP) is 10.7. The summed E-state index contributed by atoms with van der Waals surface area (Å²) in [7, 11) is 1.60. The van der Waals surface area contributed by atoms with E-state index in [1.165, 1.54) is 0 Å². The van der Waals surface area contributed by atoms with Gasteiger partial charge in [0.05, 0.1) is 42.2 Å². The van der Waals surface area contributed by atoms with Crippen molar-refractivity contribution in [2.75, 3.05) is 30.4 Å². The van der Waals surface area contributed by atoms with Crippen LogP contribution in [0.5, 0.6) is 5.75 Å². The highest BCUT2D eigenvalue weighted by molar-refractivity contribution is 6.35. The minimum Gasteiger partial charge on any atom is -0.497 e. The average molecular weight is 798 g/mol. The number of H-pyrrole nitrogens is 1. The molecule has 0 unspecified atom stereocenters. The van der Waals surface area contributed by atoms with Crippen molar-refractivity contribution in [1.29, 1.82) is 0 Å². The molecule has 1 saturated heterocycles. The van der Waals surface area contributed by atoms with Crippen LogP contribution in [0.25, 0.3) is 33.4 Å². The minimum absolute atomic E-state index is 0.0428. The second-order valence-corrected chi connectivity index (χ2v) is 16.2. The molecule has 1 aliphatic heterocycles. The van der Waals surface area contributed by atoms with Crippen LogP contribution < -0.4 is 20.3 Å². The number of fused-ring (bicyclic) bond motifs is 1. The fraction of sp³-hybridized carbons (Fsp3) is 0.279. The van der Waals surface area contributed by atoms with E-state index in [0.717, 1.165) is 40.7 Å². The van der Waals surface area contributed by atoms with Crippen molar-refractivity contribution in [3.8, 4) is 28.3 Å². The van der Waals surface area contributed by atoms with Gasteiger partial charge in [0.1, 0.15) is 11.4 Å². The molecule has 0 saturated carbocycles. The summed E-state index contributed by atoms with van der Waals surface area (Å²) < 4.78 is 7.66. The fourth-order valence-corrected chi connectivity index (χ4v) is 7.89. The molecule has 284 valence electrons. The van der Waals surface area contributed by atoms with Crippen molar-refractivity contribution in [2.24, 2.45) is 5.41 Å². The largest absolute Gasteiger partial charge is 0.497 e. The summed E-state index contributed by atoms with van der Waals surface area (Å²) in [6, 6.07) is 26.4. The number of ether oxygens (including phenoxy) is 1. The highest BCUT2D eigenvalue weighted by Gasteiger charge is 2.30. The summed E-state index contributed by atoms with van der Waals surface area (Å²) in [4.78, 5) is 38.1. The molecule has 3 heterocycles. The van der Waals surface area contributed by atoms with Gasteiger partial charge >= 0.3 is 0 Å². The number of nitrogens with zero attached hydrogens (tertiary/aromatic N) is 3. The van der Waals surface area contributed by atoms with Crippen molar-refractivity contribution in [1.82, 2.24) is 19.9 Å². The molecule has 1 atom stereocenters. The smallest absolute Gasteiger partial charge is 0.272 e. The van der Waals surface area contributed by atoms with Crippen LogP contribution in [-0.2, 0) is 4.79 Å². The Labute approximate surface area is 335 Å². The van der Waals surface area contributed by atoms with Crippen LogP contribution >= 0.6 is 34.8 Å². The zero-order valence-electron chi connectivity index (χ0n) is 31.3. The van der Waals surface area contributed by atoms with Crippen LogP contribution in [-0.4, -0.2) is 52.6 Å². The fourth-order valence-electron chi connectivity index (χ4n) is 7.16. The Morgan fingerprint density at radius 2 is 1.64 bits per heavy atom. The number of hydrogen-bond acceptors (Lipinski definition) is 5. The molecule has 0 spiro atoms. The maximum atomic E-state index is 14.8. The first kappa shape index (κ1) is 38.3. The van der Waals surface area contributed by atoms with Crippen LogP contribution in [0.15, 0.2) is 91.3 Å². The maximum Gasteiger partial charge on any atom is 0.272 e. The Kier molecular flexibility index (Phi) is 10.9. The quantitative estimate of drug-likeness (QED) is 0.135. The maximum absolute atomic E-state index is 14.8. The molecule has 12 heteroatoms. The highest BCUT2D eigenvalue weighted by Crippen LogP contribution is 2.43. The summed E-state index contributed by atoms with van der Waals surface area (Å²) >= 11 is 19.6. The number of aromatic amines is 1. The molecule has 2 amide bonds. The number of carbonyl (C=O) groups excluding carboxylic acids is 2. The van der Waals surface area contributed by atoms with Gasteiger partial charge in [-0.1, -0.05) is 98.0 Å². The Balaban J connectivity index is 1.31. The van der Waals surface area contributed by atoms with E-state index in [2.05, 4.69) is 20.5 Å². The van der Waals surface area contributed by atoms with Crippen LogP contribution in [0.4, 0.5) is 11.4 Å². The van der Waals surface area contributed by atoms with Crippen molar-refractivity contribution in [3.63, 3.8) is 0 Å². The number of imidazole rings is 1. The Morgan fingerprint density at radius 3 is 2.33 bits per heavy atom. The van der Waals surface area contributed by atoms with Crippen molar-refractivity contribution in [2.45, 2.75) is 52.6 Å². The van der Waals surface area contributed by atoms with Gasteiger partial charge < -0.3 is 29.8 Å².